The lowest BCUT2D eigenvalue weighted by Gasteiger charge is -2.23. The molecule has 0 atom stereocenters. The minimum atomic E-state index is 1.35. The zero-order valence-corrected chi connectivity index (χ0v) is 27.2. The highest BCUT2D eigenvalue weighted by molar-refractivity contribution is 4.67. The molecular formula is C36H72N4. The van der Waals surface area contributed by atoms with Gasteiger partial charge in [0.05, 0.1) is 0 Å². The molecule has 0 aromatic carbocycles. The van der Waals surface area contributed by atoms with E-state index in [1.807, 2.05) is 0 Å². The van der Waals surface area contributed by atoms with Gasteiger partial charge in [0.2, 0.25) is 0 Å². The van der Waals surface area contributed by atoms with Gasteiger partial charge in [-0.25, -0.2) is 0 Å². The molecule has 0 saturated carbocycles. The Morgan fingerprint density at radius 3 is 0.325 bits per heavy atom. The Hall–Kier alpha value is -0.160. The molecule has 4 saturated heterocycles. The summed E-state index contributed by atoms with van der Waals surface area (Å²) in [5, 5.41) is 0. The van der Waals surface area contributed by atoms with E-state index < -0.39 is 0 Å². The Morgan fingerprint density at radius 1 is 0.125 bits per heavy atom. The van der Waals surface area contributed by atoms with Crippen LogP contribution >= 0.6 is 0 Å². The van der Waals surface area contributed by atoms with Crippen LogP contribution in [0, 0.1) is 0 Å². The minimum Gasteiger partial charge on any atom is -0.303 e. The largest absolute Gasteiger partial charge is 0.303 e. The molecular weight excluding hydrogens is 488 g/mol. The zero-order chi connectivity index (χ0) is 27.8. The molecule has 4 bridgehead atoms. The van der Waals surface area contributed by atoms with Gasteiger partial charge >= 0.3 is 0 Å². The first-order valence-electron chi connectivity index (χ1n) is 18.8. The van der Waals surface area contributed by atoms with E-state index in [2.05, 4.69) is 19.6 Å². The molecule has 4 fully saturated rings. The van der Waals surface area contributed by atoms with Crippen LogP contribution in [0.1, 0.15) is 154 Å². The molecule has 0 amide bonds. The standard InChI is InChI=1S/C36H72N4/c1-2-14-26-38-29-17-7-9-21-33-39-31-19-5-3-15-27-37(25-13-1)28-16-4-6-20-32-40(34-22-10-8-18-30-38)36-24-12-11-23-35-39/h1-36H2. The van der Waals surface area contributed by atoms with Crippen LogP contribution in [-0.4, -0.2) is 98.1 Å². The molecule has 4 rings (SSSR count). The summed E-state index contributed by atoms with van der Waals surface area (Å²) in [6, 6.07) is 0. The van der Waals surface area contributed by atoms with Gasteiger partial charge in [0.15, 0.2) is 0 Å². The smallest absolute Gasteiger partial charge is 0.00187 e. The summed E-state index contributed by atoms with van der Waals surface area (Å²) in [7, 11) is 0. The monoisotopic (exact) mass is 561 g/mol. The summed E-state index contributed by atoms with van der Waals surface area (Å²) < 4.78 is 0. The van der Waals surface area contributed by atoms with Gasteiger partial charge in [-0.2, -0.15) is 0 Å². The van der Waals surface area contributed by atoms with Gasteiger partial charge < -0.3 is 19.6 Å². The van der Waals surface area contributed by atoms with Crippen LogP contribution < -0.4 is 0 Å². The van der Waals surface area contributed by atoms with Crippen molar-refractivity contribution in [3.8, 4) is 0 Å². The molecule has 0 aromatic heterocycles. The van der Waals surface area contributed by atoms with E-state index >= 15 is 0 Å². The lowest BCUT2D eigenvalue weighted by molar-refractivity contribution is 0.245. The normalized spacial score (nSPS) is 32.4. The fraction of sp³-hybridized carbons (Fsp3) is 1.00. The van der Waals surface area contributed by atoms with Crippen molar-refractivity contribution in [3.63, 3.8) is 0 Å². The number of hydrogen-bond acceptors (Lipinski definition) is 4. The molecule has 4 nitrogen and oxygen atoms in total. The number of hydrogen-bond donors (Lipinski definition) is 0. The van der Waals surface area contributed by atoms with Gasteiger partial charge in [0.1, 0.15) is 0 Å². The average Bonchev–Trinajstić information content (AvgIpc) is 2.96. The van der Waals surface area contributed by atoms with E-state index in [0.717, 1.165) is 0 Å². The number of rotatable bonds is 0. The molecule has 4 aliphatic rings. The van der Waals surface area contributed by atoms with Crippen molar-refractivity contribution in [3.05, 3.63) is 0 Å². The highest BCUT2D eigenvalue weighted by Gasteiger charge is 2.11. The fourth-order valence-corrected chi connectivity index (χ4v) is 7.49. The van der Waals surface area contributed by atoms with E-state index in [9.17, 15) is 0 Å². The summed E-state index contributed by atoms with van der Waals surface area (Å²) in [5.74, 6) is 0. The third-order valence-corrected chi connectivity index (χ3v) is 10.2. The summed E-state index contributed by atoms with van der Waals surface area (Å²) >= 11 is 0. The molecule has 4 heterocycles. The molecule has 4 aliphatic heterocycles. The Bertz CT molecular complexity index is 383. The summed E-state index contributed by atoms with van der Waals surface area (Å²) in [6.07, 6.45) is 34.3. The first-order chi connectivity index (χ1) is 19.9. The molecule has 0 aromatic rings. The van der Waals surface area contributed by atoms with Crippen LogP contribution in [0.4, 0.5) is 0 Å². The minimum absolute atomic E-state index is 1.35. The molecule has 0 radical (unpaired) electrons. The van der Waals surface area contributed by atoms with Gasteiger partial charge in [-0.3, -0.25) is 0 Å². The molecule has 0 aliphatic carbocycles. The molecule has 40 heavy (non-hydrogen) atoms. The number of fused-ring (bicyclic) bond motifs is 30. The van der Waals surface area contributed by atoms with Crippen LogP contribution in [-0.2, 0) is 0 Å². The molecule has 4 heteroatoms. The first kappa shape index (κ1) is 34.3. The molecule has 0 unspecified atom stereocenters. The van der Waals surface area contributed by atoms with E-state index in [0.29, 0.717) is 0 Å². The highest BCUT2D eigenvalue weighted by atomic mass is 15.1. The third kappa shape index (κ3) is 17.7. The quantitative estimate of drug-likeness (QED) is 0.294. The van der Waals surface area contributed by atoms with Crippen molar-refractivity contribution >= 4 is 0 Å². The second-order valence-corrected chi connectivity index (χ2v) is 13.9. The Kier molecular flexibility index (Phi) is 20.9. The summed E-state index contributed by atoms with van der Waals surface area (Å²) in [4.78, 5) is 11.4. The fourth-order valence-electron chi connectivity index (χ4n) is 7.49. The third-order valence-electron chi connectivity index (χ3n) is 10.2. The maximum absolute atomic E-state index is 2.86. The van der Waals surface area contributed by atoms with Crippen LogP contribution in [0.3, 0.4) is 0 Å². The summed E-state index contributed by atoms with van der Waals surface area (Å²) in [5.41, 5.74) is 0. The van der Waals surface area contributed by atoms with Crippen molar-refractivity contribution in [2.24, 2.45) is 0 Å². The second-order valence-electron chi connectivity index (χ2n) is 13.9. The van der Waals surface area contributed by atoms with Gasteiger partial charge in [-0.1, -0.05) is 77.0 Å². The second kappa shape index (κ2) is 24.3. The van der Waals surface area contributed by atoms with Crippen LogP contribution in [0.5, 0.6) is 0 Å². The van der Waals surface area contributed by atoms with Crippen molar-refractivity contribution in [1.29, 1.82) is 0 Å². The van der Waals surface area contributed by atoms with E-state index in [1.165, 1.54) is 233 Å². The predicted octanol–water partition coefficient (Wildman–Crippen LogP) is 8.60. The maximum Gasteiger partial charge on any atom is -0.00187 e. The Labute approximate surface area is 252 Å². The van der Waals surface area contributed by atoms with Crippen molar-refractivity contribution < 1.29 is 0 Å². The summed E-state index contributed by atoms with van der Waals surface area (Å²) in [6.45, 7) is 16.2. The van der Waals surface area contributed by atoms with E-state index in [1.54, 1.807) is 0 Å². The lowest BCUT2D eigenvalue weighted by Crippen LogP contribution is -2.28. The van der Waals surface area contributed by atoms with Crippen molar-refractivity contribution in [1.82, 2.24) is 19.6 Å². The average molecular weight is 561 g/mol. The molecule has 0 N–H and O–H groups in total. The van der Waals surface area contributed by atoms with Gasteiger partial charge in [0, 0.05) is 0 Å². The Balaban J connectivity index is 1.67. The number of nitrogens with zero attached hydrogens (tertiary/aromatic N) is 4. The van der Waals surface area contributed by atoms with Crippen LogP contribution in [0.15, 0.2) is 0 Å². The Morgan fingerprint density at radius 2 is 0.225 bits per heavy atom. The van der Waals surface area contributed by atoms with Crippen molar-refractivity contribution in [2.75, 3.05) is 78.5 Å². The van der Waals surface area contributed by atoms with Gasteiger partial charge in [-0.15, -0.1) is 0 Å². The van der Waals surface area contributed by atoms with E-state index in [4.69, 9.17) is 0 Å². The topological polar surface area (TPSA) is 13.0 Å². The highest BCUT2D eigenvalue weighted by Crippen LogP contribution is 2.15. The lowest BCUT2D eigenvalue weighted by atomic mass is 10.1. The zero-order valence-electron chi connectivity index (χ0n) is 27.2. The van der Waals surface area contributed by atoms with Crippen LogP contribution in [0.2, 0.25) is 0 Å². The van der Waals surface area contributed by atoms with Gasteiger partial charge in [-0.05, 0) is 156 Å². The molecule has 236 valence electrons. The molecule has 0 spiro atoms. The maximum atomic E-state index is 2.86. The predicted molar refractivity (Wildman–Crippen MR) is 177 cm³/mol. The first-order valence-corrected chi connectivity index (χ1v) is 18.8. The SMILES string of the molecule is C1CCCN2CCCCCCN3CCCCCCN(CC1)CCCCCCN(CCCCCC2)CCCCCC3. The van der Waals surface area contributed by atoms with E-state index in [-0.39, 0.29) is 0 Å². The van der Waals surface area contributed by atoms with Gasteiger partial charge in [0.25, 0.3) is 0 Å². The van der Waals surface area contributed by atoms with Crippen LogP contribution in [0.25, 0.3) is 0 Å². The van der Waals surface area contributed by atoms with Crippen molar-refractivity contribution in [2.45, 2.75) is 154 Å².